The molecule has 0 spiro atoms. The standard InChI is InChI=1S/C15H13IN2OS/c1-10-6-2-3-7-11(10)14(19)18-15(20)17-13-9-5-4-8-12(13)16/h2-9H,1H3,(H2,17,18,19,20). The quantitative estimate of drug-likeness (QED) is 0.601. The van der Waals surface area contributed by atoms with Crippen LogP contribution in [0.1, 0.15) is 15.9 Å². The summed E-state index contributed by atoms with van der Waals surface area (Å²) in [6.45, 7) is 1.89. The fraction of sp³-hybridized carbons (Fsp3) is 0.0667. The molecule has 0 heterocycles. The van der Waals surface area contributed by atoms with Gasteiger partial charge in [0.05, 0.1) is 5.69 Å². The summed E-state index contributed by atoms with van der Waals surface area (Å²) in [4.78, 5) is 12.1. The van der Waals surface area contributed by atoms with Gasteiger partial charge in [-0.25, -0.2) is 0 Å². The molecular formula is C15H13IN2OS. The van der Waals surface area contributed by atoms with E-state index in [9.17, 15) is 4.79 Å². The lowest BCUT2D eigenvalue weighted by atomic mass is 10.1. The average molecular weight is 396 g/mol. The van der Waals surface area contributed by atoms with Gasteiger partial charge in [0.15, 0.2) is 5.11 Å². The van der Waals surface area contributed by atoms with Gasteiger partial charge in [0.25, 0.3) is 5.91 Å². The van der Waals surface area contributed by atoms with Crippen molar-refractivity contribution < 1.29 is 4.79 Å². The number of amides is 1. The zero-order valence-corrected chi connectivity index (χ0v) is 13.8. The minimum Gasteiger partial charge on any atom is -0.332 e. The summed E-state index contributed by atoms with van der Waals surface area (Å²) in [6.07, 6.45) is 0. The fourth-order valence-electron chi connectivity index (χ4n) is 1.71. The van der Waals surface area contributed by atoms with Crippen LogP contribution in [0.5, 0.6) is 0 Å². The fourth-order valence-corrected chi connectivity index (χ4v) is 2.44. The number of rotatable bonds is 2. The lowest BCUT2D eigenvalue weighted by Crippen LogP contribution is -2.34. The number of carbonyl (C=O) groups excluding carboxylic acids is 1. The van der Waals surface area contributed by atoms with E-state index in [1.807, 2.05) is 49.4 Å². The normalized spacial score (nSPS) is 9.90. The molecule has 2 aromatic rings. The van der Waals surface area contributed by atoms with Crippen molar-refractivity contribution in [2.75, 3.05) is 5.32 Å². The smallest absolute Gasteiger partial charge is 0.257 e. The number of hydrogen-bond donors (Lipinski definition) is 2. The Morgan fingerprint density at radius 2 is 1.75 bits per heavy atom. The van der Waals surface area contributed by atoms with Gasteiger partial charge in [-0.15, -0.1) is 0 Å². The van der Waals surface area contributed by atoms with E-state index in [-0.39, 0.29) is 5.91 Å². The number of thiocarbonyl (C=S) groups is 1. The van der Waals surface area contributed by atoms with Crippen LogP contribution in [0.15, 0.2) is 48.5 Å². The van der Waals surface area contributed by atoms with Gasteiger partial charge in [0.1, 0.15) is 0 Å². The average Bonchev–Trinajstić information content (AvgIpc) is 2.41. The molecule has 0 fully saturated rings. The SMILES string of the molecule is Cc1ccccc1C(=O)NC(=S)Nc1ccccc1I. The zero-order chi connectivity index (χ0) is 14.5. The third kappa shape index (κ3) is 3.77. The molecule has 0 aliphatic rings. The second kappa shape index (κ2) is 6.81. The molecule has 0 saturated heterocycles. The van der Waals surface area contributed by atoms with E-state index in [0.717, 1.165) is 14.8 Å². The lowest BCUT2D eigenvalue weighted by Gasteiger charge is -2.11. The van der Waals surface area contributed by atoms with Crippen molar-refractivity contribution in [3.63, 3.8) is 0 Å². The first-order valence-electron chi connectivity index (χ1n) is 6.00. The van der Waals surface area contributed by atoms with Gasteiger partial charge in [0.2, 0.25) is 0 Å². The zero-order valence-electron chi connectivity index (χ0n) is 10.8. The molecule has 0 atom stereocenters. The molecule has 0 bridgehead atoms. The first-order valence-corrected chi connectivity index (χ1v) is 7.49. The number of halogens is 1. The van der Waals surface area contributed by atoms with E-state index in [0.29, 0.717) is 10.7 Å². The van der Waals surface area contributed by atoms with Crippen LogP contribution in [0, 0.1) is 10.5 Å². The van der Waals surface area contributed by atoms with Crippen LogP contribution in [-0.2, 0) is 0 Å². The third-order valence-corrected chi connectivity index (χ3v) is 3.88. The number of aryl methyl sites for hydroxylation is 1. The highest BCUT2D eigenvalue weighted by Gasteiger charge is 2.10. The Morgan fingerprint density at radius 3 is 2.45 bits per heavy atom. The number of benzene rings is 2. The predicted molar refractivity (Wildman–Crippen MR) is 94.0 cm³/mol. The Bertz CT molecular complexity index is 658. The van der Waals surface area contributed by atoms with E-state index in [2.05, 4.69) is 33.2 Å². The molecule has 0 unspecified atom stereocenters. The molecule has 0 saturated carbocycles. The molecule has 2 N–H and O–H groups in total. The van der Waals surface area contributed by atoms with Crippen molar-refractivity contribution in [3.8, 4) is 0 Å². The highest BCUT2D eigenvalue weighted by molar-refractivity contribution is 14.1. The number of hydrogen-bond acceptors (Lipinski definition) is 2. The van der Waals surface area contributed by atoms with Gasteiger partial charge in [0, 0.05) is 9.13 Å². The molecule has 1 amide bonds. The summed E-state index contributed by atoms with van der Waals surface area (Å²) < 4.78 is 1.04. The predicted octanol–water partition coefficient (Wildman–Crippen LogP) is 3.73. The summed E-state index contributed by atoms with van der Waals surface area (Å²) in [7, 11) is 0. The van der Waals surface area contributed by atoms with Crippen molar-refractivity contribution in [1.29, 1.82) is 0 Å². The number of anilines is 1. The van der Waals surface area contributed by atoms with E-state index in [4.69, 9.17) is 12.2 Å². The van der Waals surface area contributed by atoms with E-state index < -0.39 is 0 Å². The maximum absolute atomic E-state index is 12.1. The van der Waals surface area contributed by atoms with Crippen LogP contribution in [0.4, 0.5) is 5.69 Å². The van der Waals surface area contributed by atoms with Crippen LogP contribution in [-0.4, -0.2) is 11.0 Å². The number of carbonyl (C=O) groups is 1. The minimum absolute atomic E-state index is 0.202. The molecule has 0 radical (unpaired) electrons. The van der Waals surface area contributed by atoms with Crippen molar-refractivity contribution in [2.24, 2.45) is 0 Å². The van der Waals surface area contributed by atoms with Crippen molar-refractivity contribution in [2.45, 2.75) is 6.92 Å². The van der Waals surface area contributed by atoms with Gasteiger partial charge in [-0.05, 0) is 65.5 Å². The maximum Gasteiger partial charge on any atom is 0.257 e. The molecule has 0 aliphatic carbocycles. The van der Waals surface area contributed by atoms with Crippen LogP contribution < -0.4 is 10.6 Å². The molecule has 0 aromatic heterocycles. The highest BCUT2D eigenvalue weighted by Crippen LogP contribution is 2.16. The van der Waals surface area contributed by atoms with Crippen LogP contribution in [0.25, 0.3) is 0 Å². The van der Waals surface area contributed by atoms with Crippen molar-refractivity contribution in [1.82, 2.24) is 5.32 Å². The topological polar surface area (TPSA) is 41.1 Å². The first kappa shape index (κ1) is 14.9. The Morgan fingerprint density at radius 1 is 1.10 bits per heavy atom. The van der Waals surface area contributed by atoms with Crippen LogP contribution in [0.2, 0.25) is 0 Å². The summed E-state index contributed by atoms with van der Waals surface area (Å²) in [5, 5.41) is 6.01. The van der Waals surface area contributed by atoms with Crippen molar-refractivity contribution in [3.05, 3.63) is 63.2 Å². The molecule has 2 aromatic carbocycles. The molecule has 0 aliphatic heterocycles. The molecule has 2 rings (SSSR count). The molecule has 20 heavy (non-hydrogen) atoms. The van der Waals surface area contributed by atoms with Gasteiger partial charge in [-0.2, -0.15) is 0 Å². The molecular weight excluding hydrogens is 383 g/mol. The first-order chi connectivity index (χ1) is 9.58. The third-order valence-electron chi connectivity index (χ3n) is 2.74. The van der Waals surface area contributed by atoms with E-state index in [1.54, 1.807) is 6.07 Å². The molecule has 3 nitrogen and oxygen atoms in total. The number of para-hydroxylation sites is 1. The summed E-state index contributed by atoms with van der Waals surface area (Å²) in [5.74, 6) is -0.202. The lowest BCUT2D eigenvalue weighted by molar-refractivity contribution is 0.0977. The summed E-state index contributed by atoms with van der Waals surface area (Å²) in [6, 6.07) is 15.1. The maximum atomic E-state index is 12.1. The van der Waals surface area contributed by atoms with E-state index >= 15 is 0 Å². The largest absolute Gasteiger partial charge is 0.332 e. The summed E-state index contributed by atoms with van der Waals surface area (Å²) >= 11 is 7.38. The second-order valence-corrected chi connectivity index (χ2v) is 5.77. The Kier molecular flexibility index (Phi) is 5.08. The second-order valence-electron chi connectivity index (χ2n) is 4.20. The summed E-state index contributed by atoms with van der Waals surface area (Å²) in [5.41, 5.74) is 2.42. The molecule has 5 heteroatoms. The Labute approximate surface area is 136 Å². The molecule has 102 valence electrons. The van der Waals surface area contributed by atoms with Gasteiger partial charge in [-0.3, -0.25) is 10.1 Å². The monoisotopic (exact) mass is 396 g/mol. The number of nitrogens with one attached hydrogen (secondary N) is 2. The van der Waals surface area contributed by atoms with Gasteiger partial charge < -0.3 is 5.32 Å². The Balaban J connectivity index is 2.04. The highest BCUT2D eigenvalue weighted by atomic mass is 127. The minimum atomic E-state index is -0.202. The van der Waals surface area contributed by atoms with Crippen LogP contribution >= 0.6 is 34.8 Å². The van der Waals surface area contributed by atoms with Gasteiger partial charge >= 0.3 is 0 Å². The van der Waals surface area contributed by atoms with Gasteiger partial charge in [-0.1, -0.05) is 30.3 Å². The Hall–Kier alpha value is -1.47. The van der Waals surface area contributed by atoms with Crippen molar-refractivity contribution >= 4 is 51.5 Å². The van der Waals surface area contributed by atoms with Crippen LogP contribution in [0.3, 0.4) is 0 Å². The van der Waals surface area contributed by atoms with E-state index in [1.165, 1.54) is 0 Å².